The predicted molar refractivity (Wildman–Crippen MR) is 81.1 cm³/mol. The first-order valence-corrected chi connectivity index (χ1v) is 7.34. The highest BCUT2D eigenvalue weighted by atomic mass is 79.9. The number of halogens is 2. The van der Waals surface area contributed by atoms with Crippen LogP contribution >= 0.6 is 15.9 Å². The second kappa shape index (κ2) is 7.09. The molecule has 0 spiro atoms. The number of nitriles is 1. The summed E-state index contributed by atoms with van der Waals surface area (Å²) < 4.78 is 24.4. The summed E-state index contributed by atoms with van der Waals surface area (Å²) in [6.45, 7) is 0.160. The lowest BCUT2D eigenvalue weighted by Gasteiger charge is -2.14. The van der Waals surface area contributed by atoms with Crippen molar-refractivity contribution >= 4 is 15.9 Å². The normalized spacial score (nSPS) is 10.0. The van der Waals surface area contributed by atoms with Crippen LogP contribution in [0.3, 0.4) is 0 Å². The molecule has 0 aliphatic heterocycles. The van der Waals surface area contributed by atoms with Crippen LogP contribution in [0.1, 0.15) is 16.7 Å². The number of alkyl halides is 1. The molecule has 0 unspecified atom stereocenters. The molecule has 108 valence electrons. The van der Waals surface area contributed by atoms with Crippen LogP contribution in [0.2, 0.25) is 0 Å². The van der Waals surface area contributed by atoms with E-state index in [0.29, 0.717) is 22.4 Å². The molecule has 0 aliphatic carbocycles. The molecule has 0 heterocycles. The lowest BCUT2D eigenvalue weighted by atomic mass is 10.1. The van der Waals surface area contributed by atoms with E-state index < -0.39 is 5.82 Å². The molecular formula is C16H13BrFNO2. The van der Waals surface area contributed by atoms with E-state index >= 15 is 0 Å². The van der Waals surface area contributed by atoms with Crippen molar-refractivity contribution < 1.29 is 13.9 Å². The summed E-state index contributed by atoms with van der Waals surface area (Å²) in [5.41, 5.74) is 1.80. The van der Waals surface area contributed by atoms with Crippen molar-refractivity contribution in [3.63, 3.8) is 0 Å². The van der Waals surface area contributed by atoms with Crippen LogP contribution < -0.4 is 9.47 Å². The number of rotatable bonds is 5. The van der Waals surface area contributed by atoms with Crippen LogP contribution in [-0.2, 0) is 11.9 Å². The first kappa shape index (κ1) is 15.3. The third-order valence-electron chi connectivity index (χ3n) is 2.89. The number of benzene rings is 2. The Morgan fingerprint density at radius 3 is 2.76 bits per heavy atom. The van der Waals surface area contributed by atoms with Crippen LogP contribution in [-0.4, -0.2) is 7.11 Å². The molecule has 21 heavy (non-hydrogen) atoms. The van der Waals surface area contributed by atoms with Gasteiger partial charge >= 0.3 is 0 Å². The molecule has 5 heteroatoms. The molecule has 0 bridgehead atoms. The van der Waals surface area contributed by atoms with Gasteiger partial charge in [0, 0.05) is 10.9 Å². The molecule has 0 fully saturated rings. The van der Waals surface area contributed by atoms with E-state index in [0.717, 1.165) is 5.56 Å². The van der Waals surface area contributed by atoms with E-state index in [1.54, 1.807) is 19.2 Å². The summed E-state index contributed by atoms with van der Waals surface area (Å²) in [7, 11) is 1.57. The molecule has 0 aliphatic rings. The van der Waals surface area contributed by atoms with Crippen LogP contribution in [0, 0.1) is 17.1 Å². The van der Waals surface area contributed by atoms with Crippen LogP contribution in [0.15, 0.2) is 36.4 Å². The lowest BCUT2D eigenvalue weighted by molar-refractivity contribution is 0.282. The Balaban J connectivity index is 2.24. The Morgan fingerprint density at radius 1 is 1.29 bits per heavy atom. The molecule has 3 nitrogen and oxygen atoms in total. The molecule has 0 aromatic heterocycles. The van der Waals surface area contributed by atoms with Gasteiger partial charge in [-0.2, -0.15) is 5.26 Å². The lowest BCUT2D eigenvalue weighted by Crippen LogP contribution is -2.01. The van der Waals surface area contributed by atoms with Gasteiger partial charge in [-0.15, -0.1) is 0 Å². The van der Waals surface area contributed by atoms with Crippen molar-refractivity contribution in [1.29, 1.82) is 5.26 Å². The van der Waals surface area contributed by atoms with Crippen LogP contribution in [0.5, 0.6) is 11.5 Å². The largest absolute Gasteiger partial charge is 0.493 e. The third kappa shape index (κ3) is 3.73. The SMILES string of the molecule is COc1cccc(CBr)c1OCc1cc(F)cc(C#N)c1. The molecule has 0 saturated carbocycles. The molecule has 0 saturated heterocycles. The minimum atomic E-state index is -0.451. The molecule has 0 N–H and O–H groups in total. The minimum absolute atomic E-state index is 0.160. The van der Waals surface area contributed by atoms with Gasteiger partial charge < -0.3 is 9.47 Å². The first-order valence-electron chi connectivity index (χ1n) is 6.22. The van der Waals surface area contributed by atoms with E-state index in [1.165, 1.54) is 12.1 Å². The van der Waals surface area contributed by atoms with Crippen molar-refractivity contribution in [2.75, 3.05) is 7.11 Å². The Morgan fingerprint density at radius 2 is 2.10 bits per heavy atom. The minimum Gasteiger partial charge on any atom is -0.493 e. The maximum Gasteiger partial charge on any atom is 0.165 e. The smallest absolute Gasteiger partial charge is 0.165 e. The van der Waals surface area contributed by atoms with Crippen LogP contribution in [0.25, 0.3) is 0 Å². The van der Waals surface area contributed by atoms with Gasteiger partial charge in [0.1, 0.15) is 12.4 Å². The summed E-state index contributed by atoms with van der Waals surface area (Å²) in [6.07, 6.45) is 0. The second-order valence-corrected chi connectivity index (χ2v) is 4.89. The van der Waals surface area contributed by atoms with Crippen LogP contribution in [0.4, 0.5) is 4.39 Å². The number of nitrogens with zero attached hydrogens (tertiary/aromatic N) is 1. The Kier molecular flexibility index (Phi) is 5.18. The quantitative estimate of drug-likeness (QED) is 0.760. The van der Waals surface area contributed by atoms with Gasteiger partial charge in [0.15, 0.2) is 11.5 Å². The molecular weight excluding hydrogens is 337 g/mol. The second-order valence-electron chi connectivity index (χ2n) is 4.33. The number of ether oxygens (including phenoxy) is 2. The van der Waals surface area contributed by atoms with E-state index in [4.69, 9.17) is 14.7 Å². The Labute approximate surface area is 131 Å². The monoisotopic (exact) mass is 349 g/mol. The summed E-state index contributed by atoms with van der Waals surface area (Å²) in [5.74, 6) is 0.775. The fourth-order valence-electron chi connectivity index (χ4n) is 1.94. The summed E-state index contributed by atoms with van der Waals surface area (Å²) in [4.78, 5) is 0. The van der Waals surface area contributed by atoms with E-state index in [9.17, 15) is 4.39 Å². The fourth-order valence-corrected chi connectivity index (χ4v) is 2.39. The zero-order valence-electron chi connectivity index (χ0n) is 11.4. The third-order valence-corrected chi connectivity index (χ3v) is 3.50. The summed E-state index contributed by atoms with van der Waals surface area (Å²) >= 11 is 3.39. The predicted octanol–water partition coefficient (Wildman–Crippen LogP) is 4.18. The Hall–Kier alpha value is -2.06. The van der Waals surface area contributed by atoms with Gasteiger partial charge in [-0.25, -0.2) is 4.39 Å². The van der Waals surface area contributed by atoms with Gasteiger partial charge in [-0.3, -0.25) is 0 Å². The molecule has 2 aromatic carbocycles. The summed E-state index contributed by atoms with van der Waals surface area (Å²) in [6, 6.07) is 11.7. The highest BCUT2D eigenvalue weighted by Crippen LogP contribution is 2.33. The number of methoxy groups -OCH3 is 1. The van der Waals surface area contributed by atoms with Crippen molar-refractivity contribution in [2.24, 2.45) is 0 Å². The highest BCUT2D eigenvalue weighted by molar-refractivity contribution is 9.08. The van der Waals surface area contributed by atoms with Crippen molar-refractivity contribution in [2.45, 2.75) is 11.9 Å². The average molecular weight is 350 g/mol. The van der Waals surface area contributed by atoms with Gasteiger partial charge in [0.2, 0.25) is 0 Å². The molecule has 0 atom stereocenters. The summed E-state index contributed by atoms with van der Waals surface area (Å²) in [5, 5.41) is 9.47. The average Bonchev–Trinajstić information content (AvgIpc) is 2.51. The van der Waals surface area contributed by atoms with Gasteiger partial charge in [0.25, 0.3) is 0 Å². The number of hydrogen-bond acceptors (Lipinski definition) is 3. The number of hydrogen-bond donors (Lipinski definition) is 0. The zero-order valence-corrected chi connectivity index (χ0v) is 13.0. The van der Waals surface area contributed by atoms with Gasteiger partial charge in [0.05, 0.1) is 18.7 Å². The Bertz CT molecular complexity index is 660. The maximum absolute atomic E-state index is 13.4. The van der Waals surface area contributed by atoms with E-state index in [1.807, 2.05) is 18.2 Å². The van der Waals surface area contributed by atoms with Gasteiger partial charge in [-0.05, 0) is 29.8 Å². The molecule has 2 aromatic rings. The van der Waals surface area contributed by atoms with Crippen molar-refractivity contribution in [3.8, 4) is 17.6 Å². The maximum atomic E-state index is 13.4. The van der Waals surface area contributed by atoms with Gasteiger partial charge in [-0.1, -0.05) is 28.1 Å². The van der Waals surface area contributed by atoms with Crippen molar-refractivity contribution in [3.05, 3.63) is 58.9 Å². The van der Waals surface area contributed by atoms with E-state index in [-0.39, 0.29) is 12.2 Å². The molecule has 0 radical (unpaired) electrons. The highest BCUT2D eigenvalue weighted by Gasteiger charge is 2.10. The fraction of sp³-hybridized carbons (Fsp3) is 0.188. The molecule has 0 amide bonds. The standard InChI is InChI=1S/C16H13BrFNO2/c1-20-15-4-2-3-13(8-17)16(15)21-10-12-5-11(9-19)6-14(18)7-12/h2-7H,8,10H2,1H3. The first-order chi connectivity index (χ1) is 10.2. The molecule has 2 rings (SSSR count). The van der Waals surface area contributed by atoms with Crippen molar-refractivity contribution in [1.82, 2.24) is 0 Å². The van der Waals surface area contributed by atoms with E-state index in [2.05, 4.69) is 15.9 Å². The topological polar surface area (TPSA) is 42.2 Å². The zero-order chi connectivity index (χ0) is 15.2. The number of para-hydroxylation sites is 1.